The third-order valence-electron chi connectivity index (χ3n) is 7.32. The summed E-state index contributed by atoms with van der Waals surface area (Å²) in [6.07, 6.45) is 0.673. The summed E-state index contributed by atoms with van der Waals surface area (Å²) in [4.78, 5) is 38.6. The lowest BCUT2D eigenvalue weighted by Crippen LogP contribution is -2.56. The van der Waals surface area contributed by atoms with E-state index in [1.165, 1.54) is 29.1 Å². The molecule has 1 amide bonds. The first-order chi connectivity index (χ1) is 20.5. The number of ether oxygens (including phenoxy) is 2. The molecule has 0 saturated carbocycles. The fraction of sp³-hybridized carbons (Fsp3) is 0.226. The van der Waals surface area contributed by atoms with E-state index < -0.39 is 17.4 Å². The summed E-state index contributed by atoms with van der Waals surface area (Å²) in [6, 6.07) is 20.8. The summed E-state index contributed by atoms with van der Waals surface area (Å²) in [5.41, 5.74) is 1.64. The zero-order valence-corrected chi connectivity index (χ0v) is 23.9. The van der Waals surface area contributed by atoms with Crippen molar-refractivity contribution >= 4 is 32.7 Å². The fourth-order valence-electron chi connectivity index (χ4n) is 4.96. The molecule has 214 valence electrons. The Morgan fingerprint density at radius 1 is 1.05 bits per heavy atom. The third kappa shape index (κ3) is 5.18. The van der Waals surface area contributed by atoms with Gasteiger partial charge >= 0.3 is 0 Å². The lowest BCUT2D eigenvalue weighted by Gasteiger charge is -2.39. The first kappa shape index (κ1) is 27.4. The standard InChI is InChI=1S/C31H28FN5O4S/c1-40-21-13-12-20(25(16-21)41-2)18-37-27(22-10-6-7-11-23(22)32)35-29-26(30(37)39)34-31(42-29)36-15-14-24(36)28(38)33-17-19-8-4-3-5-9-19/h3-13,16,24H,14-15,17-18H2,1-2H3,(H,33,38)/t24-/m1/s1. The molecule has 0 spiro atoms. The Morgan fingerprint density at radius 2 is 1.83 bits per heavy atom. The van der Waals surface area contributed by atoms with Crippen molar-refractivity contribution < 1.29 is 18.7 Å². The zero-order valence-electron chi connectivity index (χ0n) is 23.0. The van der Waals surface area contributed by atoms with Gasteiger partial charge in [-0.1, -0.05) is 53.8 Å². The SMILES string of the molecule is COc1ccc(Cn2c(-c3ccccc3F)nc3sc(N4CC[C@@H]4C(=O)NCc4ccccc4)nc3c2=O)c(OC)c1. The van der Waals surface area contributed by atoms with Crippen molar-refractivity contribution in [3.05, 3.63) is 100 Å². The van der Waals surface area contributed by atoms with Crippen LogP contribution in [0.25, 0.3) is 21.7 Å². The van der Waals surface area contributed by atoms with Crippen LogP contribution in [0, 0.1) is 5.82 Å². The highest BCUT2D eigenvalue weighted by Gasteiger charge is 2.36. The van der Waals surface area contributed by atoms with Gasteiger partial charge in [0.15, 0.2) is 15.5 Å². The molecule has 5 aromatic rings. The minimum Gasteiger partial charge on any atom is -0.497 e. The van der Waals surface area contributed by atoms with Gasteiger partial charge in [0.25, 0.3) is 5.56 Å². The van der Waals surface area contributed by atoms with Crippen molar-refractivity contribution in [2.75, 3.05) is 25.7 Å². The molecule has 0 radical (unpaired) electrons. The van der Waals surface area contributed by atoms with E-state index in [1.54, 1.807) is 43.5 Å². The van der Waals surface area contributed by atoms with Gasteiger partial charge in [0.05, 0.1) is 26.3 Å². The molecule has 3 heterocycles. The maximum absolute atomic E-state index is 15.0. The van der Waals surface area contributed by atoms with Crippen LogP contribution < -0.4 is 25.2 Å². The quantitative estimate of drug-likeness (QED) is 0.270. The maximum Gasteiger partial charge on any atom is 0.281 e. The van der Waals surface area contributed by atoms with Crippen molar-refractivity contribution in [2.24, 2.45) is 0 Å². The summed E-state index contributed by atoms with van der Waals surface area (Å²) in [5.74, 6) is 0.700. The lowest BCUT2D eigenvalue weighted by atomic mass is 10.0. The smallest absolute Gasteiger partial charge is 0.281 e. The number of aromatic nitrogens is 3. The van der Waals surface area contributed by atoms with Crippen LogP contribution in [0.15, 0.2) is 77.6 Å². The van der Waals surface area contributed by atoms with Crippen LogP contribution in [0.1, 0.15) is 17.5 Å². The molecule has 42 heavy (non-hydrogen) atoms. The summed E-state index contributed by atoms with van der Waals surface area (Å²) in [5, 5.41) is 3.52. The Morgan fingerprint density at radius 3 is 2.55 bits per heavy atom. The number of halogens is 1. The number of nitrogens with zero attached hydrogens (tertiary/aromatic N) is 4. The molecule has 0 bridgehead atoms. The summed E-state index contributed by atoms with van der Waals surface area (Å²) in [6.45, 7) is 1.12. The first-order valence-corrected chi connectivity index (χ1v) is 14.2. The molecule has 1 aliphatic rings. The van der Waals surface area contributed by atoms with Crippen LogP contribution in [0.4, 0.5) is 9.52 Å². The number of methoxy groups -OCH3 is 2. The summed E-state index contributed by atoms with van der Waals surface area (Å²) < 4.78 is 27.3. The second-order valence-electron chi connectivity index (χ2n) is 9.84. The number of rotatable bonds is 9. The average molecular weight is 586 g/mol. The molecule has 3 aromatic carbocycles. The van der Waals surface area contributed by atoms with E-state index >= 15 is 4.39 Å². The van der Waals surface area contributed by atoms with Crippen molar-refractivity contribution in [3.8, 4) is 22.9 Å². The highest BCUT2D eigenvalue weighted by Crippen LogP contribution is 2.34. The highest BCUT2D eigenvalue weighted by molar-refractivity contribution is 7.21. The van der Waals surface area contributed by atoms with E-state index in [0.717, 1.165) is 5.56 Å². The monoisotopic (exact) mass is 585 g/mol. The molecule has 1 saturated heterocycles. The Kier molecular flexibility index (Phi) is 7.58. The molecular formula is C31H28FN5O4S. The van der Waals surface area contributed by atoms with Gasteiger partial charge in [0.1, 0.15) is 29.2 Å². The number of benzene rings is 3. The predicted octanol–water partition coefficient (Wildman–Crippen LogP) is 4.62. The second kappa shape index (κ2) is 11.6. The van der Waals surface area contributed by atoms with Crippen LogP contribution >= 0.6 is 11.3 Å². The molecule has 11 heteroatoms. The molecule has 0 unspecified atom stereocenters. The van der Waals surface area contributed by atoms with Gasteiger partial charge in [-0.05, 0) is 36.2 Å². The molecule has 1 aliphatic heterocycles. The number of anilines is 1. The normalized spacial score (nSPS) is 14.5. The van der Waals surface area contributed by atoms with E-state index in [4.69, 9.17) is 14.5 Å². The molecule has 1 fully saturated rings. The topological polar surface area (TPSA) is 98.6 Å². The van der Waals surface area contributed by atoms with E-state index in [9.17, 15) is 9.59 Å². The van der Waals surface area contributed by atoms with Crippen molar-refractivity contribution in [1.82, 2.24) is 19.9 Å². The van der Waals surface area contributed by atoms with Gasteiger partial charge in [0.2, 0.25) is 5.91 Å². The lowest BCUT2D eigenvalue weighted by molar-refractivity contribution is -0.123. The van der Waals surface area contributed by atoms with Crippen LogP contribution in [-0.4, -0.2) is 47.2 Å². The molecule has 1 atom stereocenters. The van der Waals surface area contributed by atoms with Gasteiger partial charge in [-0.15, -0.1) is 0 Å². The number of fused-ring (bicyclic) bond motifs is 1. The molecule has 2 aromatic heterocycles. The van der Waals surface area contributed by atoms with Crippen molar-refractivity contribution in [1.29, 1.82) is 0 Å². The van der Waals surface area contributed by atoms with Gasteiger partial charge < -0.3 is 19.7 Å². The first-order valence-electron chi connectivity index (χ1n) is 13.4. The van der Waals surface area contributed by atoms with E-state index in [2.05, 4.69) is 10.3 Å². The minimum absolute atomic E-state index is 0.0691. The summed E-state index contributed by atoms with van der Waals surface area (Å²) in [7, 11) is 3.09. The van der Waals surface area contributed by atoms with Crippen LogP contribution in [0.5, 0.6) is 11.5 Å². The van der Waals surface area contributed by atoms with Crippen LogP contribution in [0.3, 0.4) is 0 Å². The third-order valence-corrected chi connectivity index (χ3v) is 8.31. The number of carbonyl (C=O) groups excluding carboxylic acids is 1. The zero-order chi connectivity index (χ0) is 29.2. The molecule has 9 nitrogen and oxygen atoms in total. The van der Waals surface area contributed by atoms with Gasteiger partial charge in [0, 0.05) is 24.7 Å². The predicted molar refractivity (Wildman–Crippen MR) is 160 cm³/mol. The number of nitrogens with one attached hydrogen (secondary N) is 1. The van der Waals surface area contributed by atoms with Crippen molar-refractivity contribution in [3.63, 3.8) is 0 Å². The van der Waals surface area contributed by atoms with Crippen molar-refractivity contribution in [2.45, 2.75) is 25.6 Å². The highest BCUT2D eigenvalue weighted by atomic mass is 32.1. The molecular weight excluding hydrogens is 557 g/mol. The number of hydrogen-bond donors (Lipinski definition) is 1. The Hall–Kier alpha value is -4.77. The Balaban J connectivity index is 1.37. The number of thiazole rings is 1. The second-order valence-corrected chi connectivity index (χ2v) is 10.8. The number of hydrogen-bond acceptors (Lipinski definition) is 8. The largest absolute Gasteiger partial charge is 0.497 e. The Bertz CT molecular complexity index is 1820. The van der Waals surface area contributed by atoms with Gasteiger partial charge in [-0.3, -0.25) is 14.2 Å². The van der Waals surface area contributed by atoms with E-state index in [0.29, 0.717) is 46.5 Å². The maximum atomic E-state index is 15.0. The van der Waals surface area contributed by atoms with Gasteiger partial charge in [-0.2, -0.15) is 0 Å². The number of amides is 1. The van der Waals surface area contributed by atoms with Crippen LogP contribution in [0.2, 0.25) is 0 Å². The molecule has 1 N–H and O–H groups in total. The number of carbonyl (C=O) groups is 1. The van der Waals surface area contributed by atoms with Gasteiger partial charge in [-0.25, -0.2) is 14.4 Å². The molecule has 0 aliphatic carbocycles. The molecule has 6 rings (SSSR count). The van der Waals surface area contributed by atoms with Crippen LogP contribution in [-0.2, 0) is 17.9 Å². The van der Waals surface area contributed by atoms with E-state index in [-0.39, 0.29) is 29.4 Å². The minimum atomic E-state index is -0.498. The average Bonchev–Trinajstić information content (AvgIpc) is 3.41. The van der Waals surface area contributed by atoms with E-state index in [1.807, 2.05) is 35.2 Å². The Labute approximate surface area is 245 Å². The summed E-state index contributed by atoms with van der Waals surface area (Å²) >= 11 is 1.22. The fourth-order valence-corrected chi connectivity index (χ4v) is 5.97.